The summed E-state index contributed by atoms with van der Waals surface area (Å²) < 4.78 is 4.38. The van der Waals surface area contributed by atoms with Crippen LogP contribution in [-0.4, -0.2) is 34.1 Å². The lowest BCUT2D eigenvalue weighted by Gasteiger charge is -2.12. The van der Waals surface area contributed by atoms with E-state index in [-0.39, 0.29) is 0 Å². The number of para-hydroxylation sites is 1. The van der Waals surface area contributed by atoms with Crippen LogP contribution in [0, 0.1) is 0 Å². The van der Waals surface area contributed by atoms with Gasteiger partial charge in [0.2, 0.25) is 11.9 Å². The molecule has 0 unspecified atom stereocenters. The molecule has 0 aliphatic rings. The molecule has 4 heterocycles. The molecule has 0 fully saturated rings. The van der Waals surface area contributed by atoms with Crippen LogP contribution in [0.5, 0.6) is 0 Å². The summed E-state index contributed by atoms with van der Waals surface area (Å²) in [5, 5.41) is 6.80. The SMILES string of the molecule is c1ccc(-c2nc(-c3ccccc3)nc(-n3c4ccccc4c4ccc5c6c7ccccc7ccc6n(-c6ncccn6)c5c43)n2)cc1. The average molecular weight is 616 g/mol. The summed E-state index contributed by atoms with van der Waals surface area (Å²) in [5.74, 6) is 2.35. The van der Waals surface area contributed by atoms with E-state index in [1.54, 1.807) is 12.4 Å². The van der Waals surface area contributed by atoms with Crippen molar-refractivity contribution in [1.29, 1.82) is 0 Å². The minimum absolute atomic E-state index is 0.539. The molecule has 0 saturated carbocycles. The monoisotopic (exact) mass is 615 g/mol. The molecule has 0 amide bonds. The zero-order valence-corrected chi connectivity index (χ0v) is 25.6. The highest BCUT2D eigenvalue weighted by Gasteiger charge is 2.24. The second-order valence-electron chi connectivity index (χ2n) is 11.8. The van der Waals surface area contributed by atoms with Gasteiger partial charge >= 0.3 is 0 Å². The van der Waals surface area contributed by atoms with Crippen LogP contribution < -0.4 is 0 Å². The highest BCUT2D eigenvalue weighted by atomic mass is 15.2. The van der Waals surface area contributed by atoms with Crippen LogP contribution in [0.25, 0.3) is 89.1 Å². The van der Waals surface area contributed by atoms with E-state index in [4.69, 9.17) is 24.9 Å². The molecule has 6 aromatic carbocycles. The lowest BCUT2D eigenvalue weighted by Crippen LogP contribution is -2.07. The van der Waals surface area contributed by atoms with Gasteiger partial charge in [-0.3, -0.25) is 9.13 Å². The Balaban J connectivity index is 1.42. The van der Waals surface area contributed by atoms with Gasteiger partial charge < -0.3 is 0 Å². The highest BCUT2D eigenvalue weighted by Crippen LogP contribution is 2.43. The summed E-state index contributed by atoms with van der Waals surface area (Å²) in [6, 6.07) is 47.8. The van der Waals surface area contributed by atoms with E-state index in [0.717, 1.165) is 54.7 Å². The van der Waals surface area contributed by atoms with Gasteiger partial charge in [-0.15, -0.1) is 0 Å². The lowest BCUT2D eigenvalue weighted by molar-refractivity contribution is 0.949. The number of hydrogen-bond donors (Lipinski definition) is 0. The summed E-state index contributed by atoms with van der Waals surface area (Å²) in [6.45, 7) is 0. The first-order valence-electron chi connectivity index (χ1n) is 15.9. The number of nitrogens with zero attached hydrogens (tertiary/aromatic N) is 7. The Morgan fingerprint density at radius 3 is 1.69 bits per heavy atom. The quantitative estimate of drug-likeness (QED) is 0.197. The van der Waals surface area contributed by atoms with Gasteiger partial charge in [-0.2, -0.15) is 9.97 Å². The predicted octanol–water partition coefficient (Wildman–Crippen LogP) is 9.34. The van der Waals surface area contributed by atoms with E-state index >= 15 is 0 Å². The summed E-state index contributed by atoms with van der Waals surface area (Å²) in [5.41, 5.74) is 5.84. The van der Waals surface area contributed by atoms with Gasteiger partial charge in [-0.1, -0.05) is 121 Å². The Labute approximate surface area is 274 Å². The van der Waals surface area contributed by atoms with Crippen molar-refractivity contribution in [1.82, 2.24) is 34.1 Å². The summed E-state index contributed by atoms with van der Waals surface area (Å²) in [4.78, 5) is 24.9. The fourth-order valence-corrected chi connectivity index (χ4v) is 7.04. The van der Waals surface area contributed by atoms with Gasteiger partial charge in [0.1, 0.15) is 0 Å². The molecule has 0 saturated heterocycles. The fourth-order valence-electron chi connectivity index (χ4n) is 7.04. The molecule has 10 rings (SSSR count). The average Bonchev–Trinajstić information content (AvgIpc) is 3.69. The minimum Gasteiger partial charge on any atom is -0.276 e. The van der Waals surface area contributed by atoms with Crippen molar-refractivity contribution in [3.63, 3.8) is 0 Å². The molecule has 224 valence electrons. The first-order valence-corrected chi connectivity index (χ1v) is 15.9. The molecule has 7 nitrogen and oxygen atoms in total. The number of hydrogen-bond acceptors (Lipinski definition) is 5. The van der Waals surface area contributed by atoms with E-state index in [1.807, 2.05) is 66.7 Å². The maximum atomic E-state index is 5.19. The molecule has 4 aromatic heterocycles. The topological polar surface area (TPSA) is 74.3 Å². The third kappa shape index (κ3) is 3.91. The molecule has 0 radical (unpaired) electrons. The normalized spacial score (nSPS) is 11.8. The molecule has 48 heavy (non-hydrogen) atoms. The van der Waals surface area contributed by atoms with Crippen LogP contribution >= 0.6 is 0 Å². The maximum absolute atomic E-state index is 5.19. The maximum Gasteiger partial charge on any atom is 0.238 e. The zero-order valence-electron chi connectivity index (χ0n) is 25.6. The number of rotatable bonds is 4. The third-order valence-electron chi connectivity index (χ3n) is 9.09. The second kappa shape index (κ2) is 10.4. The lowest BCUT2D eigenvalue weighted by atomic mass is 10.0. The molecule has 0 aliphatic heterocycles. The zero-order chi connectivity index (χ0) is 31.6. The standard InChI is InChI=1S/C41H25N7/c1-3-13-27(14-4-1)38-44-39(28-15-5-2-6-16-28)46-41(45-38)47-33-19-10-9-18-30(33)31-21-22-32-35-29-17-8-7-12-26(29)20-23-34(35)48(37(32)36(31)47)40-42-24-11-25-43-40/h1-25H. The number of aromatic nitrogens is 7. The fraction of sp³-hybridized carbons (Fsp3) is 0. The van der Waals surface area contributed by atoms with Crippen molar-refractivity contribution in [3.8, 4) is 34.7 Å². The first-order chi connectivity index (χ1) is 23.8. The summed E-state index contributed by atoms with van der Waals surface area (Å²) in [7, 11) is 0. The smallest absolute Gasteiger partial charge is 0.238 e. The van der Waals surface area contributed by atoms with Gasteiger partial charge in [0, 0.05) is 45.1 Å². The largest absolute Gasteiger partial charge is 0.276 e. The Bertz CT molecular complexity index is 2760. The van der Waals surface area contributed by atoms with Gasteiger partial charge in [0.05, 0.1) is 22.1 Å². The van der Waals surface area contributed by atoms with E-state index in [1.165, 1.54) is 10.8 Å². The molecule has 0 atom stereocenters. The second-order valence-corrected chi connectivity index (χ2v) is 11.8. The van der Waals surface area contributed by atoms with Gasteiger partial charge in [-0.05, 0) is 29.0 Å². The van der Waals surface area contributed by atoms with Crippen molar-refractivity contribution in [2.75, 3.05) is 0 Å². The Morgan fingerprint density at radius 1 is 0.375 bits per heavy atom. The van der Waals surface area contributed by atoms with Crippen LogP contribution in [0.15, 0.2) is 152 Å². The van der Waals surface area contributed by atoms with E-state index < -0.39 is 0 Å². The molecular weight excluding hydrogens is 591 g/mol. The molecule has 10 aromatic rings. The van der Waals surface area contributed by atoms with Crippen LogP contribution in [-0.2, 0) is 0 Å². The number of benzene rings is 6. The predicted molar refractivity (Wildman–Crippen MR) is 192 cm³/mol. The van der Waals surface area contributed by atoms with Gasteiger partial charge in [0.15, 0.2) is 11.6 Å². The van der Waals surface area contributed by atoms with Crippen LogP contribution in [0.4, 0.5) is 0 Å². The van der Waals surface area contributed by atoms with Gasteiger partial charge in [0.25, 0.3) is 0 Å². The summed E-state index contributed by atoms with van der Waals surface area (Å²) in [6.07, 6.45) is 3.59. The van der Waals surface area contributed by atoms with E-state index in [2.05, 4.69) is 81.9 Å². The summed E-state index contributed by atoms with van der Waals surface area (Å²) >= 11 is 0. The minimum atomic E-state index is 0.539. The highest BCUT2D eigenvalue weighted by molar-refractivity contribution is 6.28. The van der Waals surface area contributed by atoms with Crippen LogP contribution in [0.3, 0.4) is 0 Å². The van der Waals surface area contributed by atoms with Crippen LogP contribution in [0.2, 0.25) is 0 Å². The van der Waals surface area contributed by atoms with Crippen molar-refractivity contribution in [2.24, 2.45) is 0 Å². The first kappa shape index (κ1) is 26.5. The van der Waals surface area contributed by atoms with Crippen molar-refractivity contribution < 1.29 is 0 Å². The third-order valence-corrected chi connectivity index (χ3v) is 9.09. The van der Waals surface area contributed by atoms with Gasteiger partial charge in [-0.25, -0.2) is 15.0 Å². The molecular formula is C41H25N7. The van der Waals surface area contributed by atoms with Crippen molar-refractivity contribution in [3.05, 3.63) is 152 Å². The Kier molecular flexibility index (Phi) is 5.74. The molecule has 0 bridgehead atoms. The Hall–Kier alpha value is -6.73. The molecule has 0 aliphatic carbocycles. The Morgan fingerprint density at radius 2 is 0.958 bits per heavy atom. The van der Waals surface area contributed by atoms with E-state index in [9.17, 15) is 0 Å². The number of fused-ring (bicyclic) bond motifs is 9. The molecule has 0 spiro atoms. The van der Waals surface area contributed by atoms with Crippen LogP contribution in [0.1, 0.15) is 0 Å². The van der Waals surface area contributed by atoms with Crippen molar-refractivity contribution in [2.45, 2.75) is 0 Å². The molecule has 7 heteroatoms. The van der Waals surface area contributed by atoms with E-state index in [0.29, 0.717) is 23.5 Å². The molecule has 0 N–H and O–H groups in total. The van der Waals surface area contributed by atoms with Crippen molar-refractivity contribution >= 4 is 54.4 Å².